The Hall–Kier alpha value is -2.04. The van der Waals surface area contributed by atoms with Crippen LogP contribution >= 0.6 is 0 Å². The molecule has 1 aliphatic carbocycles. The number of amides is 1. The van der Waals surface area contributed by atoms with E-state index < -0.39 is 0 Å². The number of benzene rings is 1. The Labute approximate surface area is 98.2 Å². The molecular formula is C12H13N3O2. The summed E-state index contributed by atoms with van der Waals surface area (Å²) in [6, 6.07) is 5.89. The van der Waals surface area contributed by atoms with Crippen LogP contribution in [0, 0.1) is 0 Å². The van der Waals surface area contributed by atoms with E-state index in [1.807, 2.05) is 18.2 Å². The zero-order valence-corrected chi connectivity index (χ0v) is 9.49. The second kappa shape index (κ2) is 3.76. The molecule has 1 heterocycles. The van der Waals surface area contributed by atoms with E-state index in [1.165, 1.54) is 0 Å². The molecule has 2 aromatic rings. The Balaban J connectivity index is 2.01. The topological polar surface area (TPSA) is 67.0 Å². The van der Waals surface area contributed by atoms with E-state index >= 15 is 0 Å². The third-order valence-corrected chi connectivity index (χ3v) is 2.91. The van der Waals surface area contributed by atoms with Crippen LogP contribution in [0.2, 0.25) is 0 Å². The van der Waals surface area contributed by atoms with Gasteiger partial charge in [-0.2, -0.15) is 5.10 Å². The van der Waals surface area contributed by atoms with Crippen molar-refractivity contribution < 1.29 is 9.53 Å². The molecule has 5 nitrogen and oxygen atoms in total. The highest BCUT2D eigenvalue weighted by Crippen LogP contribution is 2.26. The van der Waals surface area contributed by atoms with Crippen molar-refractivity contribution in [3.63, 3.8) is 0 Å². The molecule has 1 aromatic carbocycles. The maximum absolute atomic E-state index is 11.9. The number of ether oxygens (including phenoxy) is 1. The van der Waals surface area contributed by atoms with Crippen molar-refractivity contribution in [3.8, 4) is 5.75 Å². The Kier molecular flexibility index (Phi) is 2.24. The Morgan fingerprint density at radius 1 is 1.53 bits per heavy atom. The molecular weight excluding hydrogens is 218 g/mol. The summed E-state index contributed by atoms with van der Waals surface area (Å²) in [5, 5.41) is 10.6. The first kappa shape index (κ1) is 10.1. The fraction of sp³-hybridized carbons (Fsp3) is 0.333. The van der Waals surface area contributed by atoms with Gasteiger partial charge in [0.05, 0.1) is 7.11 Å². The van der Waals surface area contributed by atoms with Crippen molar-refractivity contribution in [3.05, 3.63) is 23.9 Å². The van der Waals surface area contributed by atoms with Gasteiger partial charge in [0.2, 0.25) is 0 Å². The number of carbonyl (C=O) groups excluding carboxylic acids is 1. The number of fused-ring (bicyclic) bond motifs is 1. The van der Waals surface area contributed by atoms with Crippen molar-refractivity contribution in [1.29, 1.82) is 0 Å². The summed E-state index contributed by atoms with van der Waals surface area (Å²) in [5.41, 5.74) is 1.20. The maximum atomic E-state index is 11.9. The molecule has 0 unspecified atom stereocenters. The van der Waals surface area contributed by atoms with Gasteiger partial charge in [0.15, 0.2) is 5.69 Å². The SMILES string of the molecule is COc1cccc2c(C(=O)NC3CC3)n[nH]c12. The van der Waals surface area contributed by atoms with Crippen LogP contribution in [0.1, 0.15) is 23.3 Å². The first-order chi connectivity index (χ1) is 8.29. The molecule has 0 radical (unpaired) electrons. The predicted octanol–water partition coefficient (Wildman–Crippen LogP) is 1.46. The third-order valence-electron chi connectivity index (χ3n) is 2.91. The van der Waals surface area contributed by atoms with Crippen LogP contribution in [0.3, 0.4) is 0 Å². The lowest BCUT2D eigenvalue weighted by Crippen LogP contribution is -2.25. The zero-order valence-electron chi connectivity index (χ0n) is 9.49. The Morgan fingerprint density at radius 3 is 3.06 bits per heavy atom. The first-order valence-electron chi connectivity index (χ1n) is 5.61. The molecule has 3 rings (SSSR count). The number of methoxy groups -OCH3 is 1. The van der Waals surface area contributed by atoms with Crippen molar-refractivity contribution >= 4 is 16.8 Å². The summed E-state index contributed by atoms with van der Waals surface area (Å²) in [5.74, 6) is 0.576. The highest BCUT2D eigenvalue weighted by atomic mass is 16.5. The lowest BCUT2D eigenvalue weighted by Gasteiger charge is -2.01. The summed E-state index contributed by atoms with van der Waals surface area (Å²) in [6.45, 7) is 0. The fourth-order valence-corrected chi connectivity index (χ4v) is 1.84. The fourth-order valence-electron chi connectivity index (χ4n) is 1.84. The molecule has 0 saturated heterocycles. The molecule has 88 valence electrons. The molecule has 0 bridgehead atoms. The molecule has 1 amide bonds. The van der Waals surface area contributed by atoms with E-state index in [4.69, 9.17) is 4.74 Å². The lowest BCUT2D eigenvalue weighted by atomic mass is 10.2. The van der Waals surface area contributed by atoms with Crippen molar-refractivity contribution in [2.24, 2.45) is 0 Å². The highest BCUT2D eigenvalue weighted by molar-refractivity contribution is 6.06. The number of aromatic amines is 1. The van der Waals surface area contributed by atoms with Gasteiger partial charge in [0.25, 0.3) is 5.91 Å². The zero-order chi connectivity index (χ0) is 11.8. The number of aromatic nitrogens is 2. The highest BCUT2D eigenvalue weighted by Gasteiger charge is 2.26. The molecule has 1 aromatic heterocycles. The summed E-state index contributed by atoms with van der Waals surface area (Å²) >= 11 is 0. The van der Waals surface area contributed by atoms with Gasteiger partial charge in [-0.25, -0.2) is 0 Å². The van der Waals surface area contributed by atoms with Gasteiger partial charge in [-0.05, 0) is 18.9 Å². The van der Waals surface area contributed by atoms with Gasteiger partial charge in [-0.1, -0.05) is 12.1 Å². The van der Waals surface area contributed by atoms with Crippen LogP contribution in [0.4, 0.5) is 0 Å². The van der Waals surface area contributed by atoms with E-state index in [-0.39, 0.29) is 5.91 Å². The number of hydrogen-bond acceptors (Lipinski definition) is 3. The quantitative estimate of drug-likeness (QED) is 0.840. The van der Waals surface area contributed by atoms with E-state index in [9.17, 15) is 4.79 Å². The summed E-state index contributed by atoms with van der Waals surface area (Å²) in [6.07, 6.45) is 2.13. The van der Waals surface area contributed by atoms with Crippen LogP contribution in [-0.2, 0) is 0 Å². The smallest absolute Gasteiger partial charge is 0.272 e. The van der Waals surface area contributed by atoms with Crippen molar-refractivity contribution in [1.82, 2.24) is 15.5 Å². The standard InChI is InChI=1S/C12H13N3O2/c1-17-9-4-2-3-8-10(9)14-15-11(8)12(16)13-7-5-6-7/h2-4,7H,5-6H2,1H3,(H,13,16)(H,14,15). The number of carbonyl (C=O) groups is 1. The van der Waals surface area contributed by atoms with Crippen molar-refractivity contribution in [2.45, 2.75) is 18.9 Å². The number of H-pyrrole nitrogens is 1. The number of hydrogen-bond donors (Lipinski definition) is 2. The van der Waals surface area contributed by atoms with Crippen LogP contribution in [-0.4, -0.2) is 29.3 Å². The number of rotatable bonds is 3. The maximum Gasteiger partial charge on any atom is 0.272 e. The number of nitrogens with zero attached hydrogens (tertiary/aromatic N) is 1. The van der Waals surface area contributed by atoms with E-state index in [1.54, 1.807) is 7.11 Å². The predicted molar refractivity (Wildman–Crippen MR) is 63.1 cm³/mol. The largest absolute Gasteiger partial charge is 0.494 e. The molecule has 1 aliphatic rings. The summed E-state index contributed by atoms with van der Waals surface area (Å²) in [4.78, 5) is 11.9. The van der Waals surface area contributed by atoms with E-state index in [0.29, 0.717) is 17.5 Å². The summed E-state index contributed by atoms with van der Waals surface area (Å²) in [7, 11) is 1.60. The van der Waals surface area contributed by atoms with Crippen LogP contribution < -0.4 is 10.1 Å². The molecule has 0 aliphatic heterocycles. The van der Waals surface area contributed by atoms with Gasteiger partial charge in [-0.3, -0.25) is 9.89 Å². The van der Waals surface area contributed by atoms with Crippen molar-refractivity contribution in [2.75, 3.05) is 7.11 Å². The van der Waals surface area contributed by atoms with Gasteiger partial charge in [-0.15, -0.1) is 0 Å². The molecule has 2 N–H and O–H groups in total. The second-order valence-corrected chi connectivity index (χ2v) is 4.20. The van der Waals surface area contributed by atoms with Gasteiger partial charge in [0.1, 0.15) is 11.3 Å². The normalized spacial score (nSPS) is 14.9. The Bertz CT molecular complexity index is 572. The first-order valence-corrected chi connectivity index (χ1v) is 5.61. The number of para-hydroxylation sites is 1. The molecule has 17 heavy (non-hydrogen) atoms. The average Bonchev–Trinajstić information content (AvgIpc) is 3.04. The second-order valence-electron chi connectivity index (χ2n) is 4.20. The third kappa shape index (κ3) is 1.73. The van der Waals surface area contributed by atoms with Gasteiger partial charge >= 0.3 is 0 Å². The monoisotopic (exact) mass is 231 g/mol. The minimum atomic E-state index is -0.119. The molecule has 0 spiro atoms. The van der Waals surface area contributed by atoms with Crippen LogP contribution in [0.5, 0.6) is 5.75 Å². The van der Waals surface area contributed by atoms with Crippen LogP contribution in [0.25, 0.3) is 10.9 Å². The minimum absolute atomic E-state index is 0.119. The average molecular weight is 231 g/mol. The minimum Gasteiger partial charge on any atom is -0.494 e. The molecule has 1 fully saturated rings. The van der Waals surface area contributed by atoms with Gasteiger partial charge in [0, 0.05) is 11.4 Å². The van der Waals surface area contributed by atoms with Crippen LogP contribution in [0.15, 0.2) is 18.2 Å². The Morgan fingerprint density at radius 2 is 2.35 bits per heavy atom. The molecule has 0 atom stereocenters. The lowest BCUT2D eigenvalue weighted by molar-refractivity contribution is 0.0947. The molecule has 1 saturated carbocycles. The van der Waals surface area contributed by atoms with E-state index in [2.05, 4.69) is 15.5 Å². The molecule has 5 heteroatoms. The summed E-state index contributed by atoms with van der Waals surface area (Å²) < 4.78 is 5.21. The number of nitrogens with one attached hydrogen (secondary N) is 2. The van der Waals surface area contributed by atoms with Gasteiger partial charge < -0.3 is 10.1 Å². The van der Waals surface area contributed by atoms with E-state index in [0.717, 1.165) is 23.7 Å².